The maximum absolute atomic E-state index is 3.72. The van der Waals surface area contributed by atoms with Crippen LogP contribution in [0.3, 0.4) is 0 Å². The number of nitrogens with zero attached hydrogens (tertiary/aromatic N) is 1. The summed E-state index contributed by atoms with van der Waals surface area (Å²) < 4.78 is 0.725. The highest BCUT2D eigenvalue weighted by atomic mass is 79.9. The van der Waals surface area contributed by atoms with Gasteiger partial charge in [-0.15, -0.1) is 0 Å². The largest absolute Gasteiger partial charge is 0.331 e. The van der Waals surface area contributed by atoms with Gasteiger partial charge < -0.3 is 4.98 Å². The van der Waals surface area contributed by atoms with Crippen LogP contribution in [0.1, 0.15) is 0 Å². The van der Waals surface area contributed by atoms with Crippen LogP contribution in [0.2, 0.25) is 0 Å². The highest BCUT2D eigenvalue weighted by Gasteiger charge is 1.77. The lowest BCUT2D eigenvalue weighted by Crippen LogP contribution is -1.57. The topological polar surface area (TPSA) is 28.7 Å². The maximum atomic E-state index is 3.72. The van der Waals surface area contributed by atoms with Crippen molar-refractivity contribution in [2.24, 2.45) is 0 Å². The lowest BCUT2D eigenvalue weighted by Gasteiger charge is -1.65. The lowest BCUT2D eigenvalue weighted by atomic mass is 11.0. The Bertz CT molecular complexity index is 112. The molecule has 1 aromatic heterocycles. The Labute approximate surface area is 43.7 Å². The van der Waals surface area contributed by atoms with Crippen LogP contribution in [-0.2, 0) is 0 Å². The predicted octanol–water partition coefficient (Wildman–Crippen LogP) is 0.972. The van der Waals surface area contributed by atoms with Crippen LogP contribution in [0.15, 0.2) is 10.9 Å². The van der Waals surface area contributed by atoms with Gasteiger partial charge in [0.25, 0.3) is 0 Å². The van der Waals surface area contributed by atoms with Crippen LogP contribution < -0.4 is 0 Å². The van der Waals surface area contributed by atoms with Gasteiger partial charge in [-0.1, -0.05) is 0 Å². The van der Waals surface area contributed by atoms with E-state index >= 15 is 0 Å². The number of aromatic nitrogens is 2. The van der Waals surface area contributed by atoms with E-state index in [0.717, 1.165) is 4.73 Å². The monoisotopic (exact) mass is 145 g/mol. The van der Waals surface area contributed by atoms with Gasteiger partial charge in [0.1, 0.15) is 0 Å². The molecule has 2 nitrogen and oxygen atoms in total. The fourth-order valence-electron chi connectivity index (χ4n) is 0.213. The summed E-state index contributed by atoms with van der Waals surface area (Å²) in [4.78, 5) is 6.40. The summed E-state index contributed by atoms with van der Waals surface area (Å²) in [6, 6.07) is 0. The molecule has 0 spiro atoms. The van der Waals surface area contributed by atoms with Crippen molar-refractivity contribution < 1.29 is 0 Å². The predicted molar refractivity (Wildman–Crippen MR) is 25.1 cm³/mol. The summed E-state index contributed by atoms with van der Waals surface area (Å²) in [5.74, 6) is 0. The summed E-state index contributed by atoms with van der Waals surface area (Å²) in [5.41, 5.74) is 0. The van der Waals surface area contributed by atoms with Crippen LogP contribution in [0.25, 0.3) is 0 Å². The number of imidazole rings is 1. The molecule has 0 bridgehead atoms. The van der Waals surface area contributed by atoms with Gasteiger partial charge in [-0.3, -0.25) is 0 Å². The van der Waals surface area contributed by atoms with E-state index in [-0.39, 0.29) is 0 Å². The molecule has 0 saturated carbocycles. The number of nitrogens with one attached hydrogen (secondary N) is 1. The fraction of sp³-hybridized carbons (Fsp3) is 0. The van der Waals surface area contributed by atoms with Gasteiger partial charge in [0.05, 0.1) is 12.4 Å². The zero-order chi connectivity index (χ0) is 4.41. The lowest BCUT2D eigenvalue weighted by molar-refractivity contribution is 1.24. The molecule has 0 saturated heterocycles. The fourth-order valence-corrected chi connectivity index (χ4v) is 0.430. The van der Waals surface area contributed by atoms with Crippen LogP contribution in [0.4, 0.5) is 0 Å². The van der Waals surface area contributed by atoms with Crippen LogP contribution in [0, 0.1) is 6.20 Å². The molecule has 0 aliphatic carbocycles. The average Bonchev–Trinajstić information content (AvgIpc) is 1.86. The van der Waals surface area contributed by atoms with Crippen LogP contribution in [0.5, 0.6) is 0 Å². The number of hydrogen-bond donors (Lipinski definition) is 1. The van der Waals surface area contributed by atoms with E-state index < -0.39 is 0 Å². The molecule has 1 heterocycles. The Hall–Kier alpha value is -0.310. The van der Waals surface area contributed by atoms with Crippen LogP contribution in [-0.4, -0.2) is 9.97 Å². The molecule has 0 unspecified atom stereocenters. The van der Waals surface area contributed by atoms with Crippen molar-refractivity contribution >= 4 is 15.9 Å². The first-order chi connectivity index (χ1) is 2.89. The average molecular weight is 146 g/mol. The first kappa shape index (κ1) is 3.87. The van der Waals surface area contributed by atoms with Gasteiger partial charge in [0, 0.05) is 0 Å². The minimum Gasteiger partial charge on any atom is -0.331 e. The van der Waals surface area contributed by atoms with E-state index in [0.29, 0.717) is 0 Å². The van der Waals surface area contributed by atoms with E-state index in [2.05, 4.69) is 32.1 Å². The van der Waals surface area contributed by atoms with Gasteiger partial charge in [-0.2, -0.15) is 0 Å². The normalized spacial score (nSPS) is 8.83. The van der Waals surface area contributed by atoms with Crippen molar-refractivity contribution in [3.05, 3.63) is 17.1 Å². The minimum absolute atomic E-state index is 0.725. The molecule has 1 N–H and O–H groups in total. The summed E-state index contributed by atoms with van der Waals surface area (Å²) >= 11 is 3.08. The van der Waals surface area contributed by atoms with E-state index in [1.807, 2.05) is 0 Å². The zero-order valence-corrected chi connectivity index (χ0v) is 4.49. The summed E-state index contributed by atoms with van der Waals surface area (Å²) in [6.07, 6.45) is 4.21. The Balaban J connectivity index is 3.05. The minimum atomic E-state index is 0.725. The molecule has 0 atom stereocenters. The number of halogens is 1. The molecule has 1 radical (unpaired) electrons. The zero-order valence-electron chi connectivity index (χ0n) is 2.90. The second kappa shape index (κ2) is 1.43. The number of rotatable bonds is 0. The van der Waals surface area contributed by atoms with Gasteiger partial charge in [0.15, 0.2) is 4.73 Å². The Morgan fingerprint density at radius 2 is 2.83 bits per heavy atom. The van der Waals surface area contributed by atoms with Crippen molar-refractivity contribution in [3.8, 4) is 0 Å². The highest BCUT2D eigenvalue weighted by Crippen LogP contribution is 1.94. The molecule has 6 heavy (non-hydrogen) atoms. The quantitative estimate of drug-likeness (QED) is 0.580. The van der Waals surface area contributed by atoms with Gasteiger partial charge in [-0.05, 0) is 15.9 Å². The Morgan fingerprint density at radius 3 is 3.00 bits per heavy atom. The first-order valence-electron chi connectivity index (χ1n) is 1.46. The first-order valence-corrected chi connectivity index (χ1v) is 2.25. The third kappa shape index (κ3) is 0.597. The standard InChI is InChI=1S/C3H2BrN2/c4-3-5-1-2-6-3/h1H,(H,5,6). The number of hydrogen-bond acceptors (Lipinski definition) is 1. The van der Waals surface area contributed by atoms with Gasteiger partial charge in [0.2, 0.25) is 0 Å². The maximum Gasteiger partial charge on any atom is 0.174 e. The van der Waals surface area contributed by atoms with Crippen molar-refractivity contribution in [1.29, 1.82) is 0 Å². The van der Waals surface area contributed by atoms with Crippen molar-refractivity contribution in [3.63, 3.8) is 0 Å². The second-order valence-electron chi connectivity index (χ2n) is 0.818. The van der Waals surface area contributed by atoms with Crippen molar-refractivity contribution in [2.75, 3.05) is 0 Å². The second-order valence-corrected chi connectivity index (χ2v) is 1.57. The Kier molecular flexibility index (Phi) is 0.919. The molecule has 3 heteroatoms. The van der Waals surface area contributed by atoms with Gasteiger partial charge >= 0.3 is 0 Å². The molecule has 31 valence electrons. The van der Waals surface area contributed by atoms with Crippen molar-refractivity contribution in [1.82, 2.24) is 9.97 Å². The van der Waals surface area contributed by atoms with Crippen molar-refractivity contribution in [2.45, 2.75) is 0 Å². The highest BCUT2D eigenvalue weighted by molar-refractivity contribution is 9.10. The Morgan fingerprint density at radius 1 is 2.00 bits per heavy atom. The smallest absolute Gasteiger partial charge is 0.174 e. The molecular weight excluding hydrogens is 144 g/mol. The summed E-state index contributed by atoms with van der Waals surface area (Å²) in [6.45, 7) is 0. The molecule has 0 amide bonds. The number of aromatic amines is 1. The van der Waals surface area contributed by atoms with Crippen LogP contribution >= 0.6 is 15.9 Å². The van der Waals surface area contributed by atoms with E-state index in [9.17, 15) is 0 Å². The third-order valence-electron chi connectivity index (χ3n) is 0.418. The molecule has 0 fully saturated rings. The van der Waals surface area contributed by atoms with E-state index in [1.54, 1.807) is 6.20 Å². The number of H-pyrrole nitrogens is 1. The summed E-state index contributed by atoms with van der Waals surface area (Å²) in [7, 11) is 0. The molecule has 0 aliphatic rings. The third-order valence-corrected chi connectivity index (χ3v) is 0.821. The van der Waals surface area contributed by atoms with Gasteiger partial charge in [-0.25, -0.2) is 4.98 Å². The SMILES string of the molecule is Brc1nc[c][nH]1. The molecule has 0 aromatic carbocycles. The van der Waals surface area contributed by atoms with E-state index in [1.165, 1.54) is 0 Å². The molecule has 0 aliphatic heterocycles. The van der Waals surface area contributed by atoms with E-state index in [4.69, 9.17) is 0 Å². The summed E-state index contributed by atoms with van der Waals surface area (Å²) in [5, 5.41) is 0. The molecule has 1 aromatic rings. The molecular formula is C3H2BrN2. The molecule has 1 rings (SSSR count).